The fourth-order valence-corrected chi connectivity index (χ4v) is 9.44. The number of rotatable bonds is 52. The molecule has 0 bridgehead atoms. The van der Waals surface area contributed by atoms with Gasteiger partial charge < -0.3 is 40.3 Å². The Morgan fingerprint density at radius 1 is 0.473 bits per heavy atom. The van der Waals surface area contributed by atoms with E-state index in [2.05, 4.69) is 104 Å². The van der Waals surface area contributed by atoms with Gasteiger partial charge >= 0.3 is 0 Å². The summed E-state index contributed by atoms with van der Waals surface area (Å²) >= 11 is 0. The molecule has 0 aromatic carbocycles. The van der Waals surface area contributed by atoms with E-state index in [1.807, 2.05) is 0 Å². The highest BCUT2D eigenvalue weighted by molar-refractivity contribution is 5.76. The molecule has 7 unspecified atom stereocenters. The van der Waals surface area contributed by atoms with Gasteiger partial charge in [-0.25, -0.2) is 0 Å². The Kier molecular flexibility index (Phi) is 50.4. The summed E-state index contributed by atoms with van der Waals surface area (Å²) in [4.78, 5) is 13.1. The van der Waals surface area contributed by atoms with Gasteiger partial charge in [-0.1, -0.05) is 272 Å². The van der Waals surface area contributed by atoms with Crippen LogP contribution < -0.4 is 5.32 Å². The van der Waals surface area contributed by atoms with Crippen molar-refractivity contribution < 1.29 is 39.8 Å². The van der Waals surface area contributed by atoms with Crippen LogP contribution in [0.25, 0.3) is 0 Å². The summed E-state index contributed by atoms with van der Waals surface area (Å²) in [7, 11) is 0. The summed E-state index contributed by atoms with van der Waals surface area (Å²) in [5.41, 5.74) is 0. The summed E-state index contributed by atoms with van der Waals surface area (Å²) in [5, 5.41) is 54.7. The second-order valence-corrected chi connectivity index (χ2v) is 21.1. The molecule has 0 spiro atoms. The number of unbranched alkanes of at least 4 members (excludes halogenated alkanes) is 28. The third-order valence-electron chi connectivity index (χ3n) is 14.3. The van der Waals surface area contributed by atoms with Crippen molar-refractivity contribution >= 4 is 5.91 Å². The Balaban J connectivity index is 2.13. The smallest absolute Gasteiger partial charge is 0.220 e. The Morgan fingerprint density at radius 2 is 0.838 bits per heavy atom. The molecule has 74 heavy (non-hydrogen) atoms. The molecule has 0 aromatic heterocycles. The normalized spacial score (nSPS) is 19.6. The molecule has 1 rings (SSSR count). The molecule has 428 valence electrons. The first kappa shape index (κ1) is 69.4. The summed E-state index contributed by atoms with van der Waals surface area (Å²) in [5.74, 6) is -0.147. The van der Waals surface area contributed by atoms with Crippen molar-refractivity contribution in [3.63, 3.8) is 0 Å². The molecule has 1 aliphatic rings. The number of nitrogens with one attached hydrogen (secondary N) is 1. The average Bonchev–Trinajstić information content (AvgIpc) is 3.40. The fourth-order valence-electron chi connectivity index (χ4n) is 9.44. The van der Waals surface area contributed by atoms with Crippen molar-refractivity contribution in [2.45, 2.75) is 307 Å². The number of carbonyl (C=O) groups is 1. The number of aliphatic hydroxyl groups is 5. The second kappa shape index (κ2) is 53.8. The molecule has 6 N–H and O–H groups in total. The summed E-state index contributed by atoms with van der Waals surface area (Å²) in [6.07, 6.45) is 69.0. The first-order chi connectivity index (χ1) is 36.3. The molecule has 1 fully saturated rings. The van der Waals surface area contributed by atoms with Gasteiger partial charge in [-0.05, 0) is 70.6 Å². The minimum absolute atomic E-state index is 0.140. The number of aliphatic hydroxyl groups excluding tert-OH is 5. The summed E-state index contributed by atoms with van der Waals surface area (Å²) in [6.45, 7) is 3.74. The molecule has 7 atom stereocenters. The molecule has 0 radical (unpaired) electrons. The first-order valence-electron chi connectivity index (χ1n) is 30.8. The molecule has 1 heterocycles. The van der Waals surface area contributed by atoms with Gasteiger partial charge in [0.1, 0.15) is 24.4 Å². The highest BCUT2D eigenvalue weighted by Gasteiger charge is 2.44. The van der Waals surface area contributed by atoms with Crippen LogP contribution in [0, 0.1) is 0 Å². The van der Waals surface area contributed by atoms with Crippen molar-refractivity contribution in [2.75, 3.05) is 13.2 Å². The van der Waals surface area contributed by atoms with Crippen molar-refractivity contribution in [3.8, 4) is 0 Å². The van der Waals surface area contributed by atoms with Gasteiger partial charge in [-0.3, -0.25) is 4.79 Å². The Morgan fingerprint density at radius 3 is 1.24 bits per heavy atom. The zero-order valence-corrected chi connectivity index (χ0v) is 47.6. The predicted molar refractivity (Wildman–Crippen MR) is 313 cm³/mol. The molecule has 1 amide bonds. The van der Waals surface area contributed by atoms with E-state index in [1.54, 1.807) is 0 Å². The lowest BCUT2D eigenvalue weighted by Crippen LogP contribution is -2.60. The SMILES string of the molecule is CC/C=C\C/C=C\C/C=C\C/C=C\C/C=C\C/C=C\C/C=C\CCCCCCCCCCCCCCCC(=O)NC(COC1OC(CO)C(O)C(O)C1O)C(O)CCCCCCCCCCCCCCCCCC. The van der Waals surface area contributed by atoms with Crippen LogP contribution in [0.5, 0.6) is 0 Å². The molecular formula is C65H115NO8. The van der Waals surface area contributed by atoms with E-state index in [0.717, 1.165) is 83.5 Å². The Bertz CT molecular complexity index is 1440. The standard InChI is InChI=1S/C65H115NO8/c1-3-5-7-9-11-13-15-17-19-21-22-23-24-25-26-27-28-29-30-31-32-33-34-35-36-37-38-39-41-43-45-47-49-51-53-55-61(69)66-58(57-73-65-64(72)63(71)62(70)60(56-67)74-65)59(68)54-52-50-48-46-44-42-40-20-18-16-14-12-10-8-6-4-2/h5,7,11,13,17,19,22-23,25-26,28-29,31-32,58-60,62-65,67-68,70-72H,3-4,6,8-10,12,14-16,18,20-21,24,27,30,33-57H2,1-2H3,(H,66,69)/b7-5-,13-11-,19-17-,23-22-,26-25-,29-28-,32-31-. The highest BCUT2D eigenvalue weighted by Crippen LogP contribution is 2.23. The fraction of sp³-hybridized carbons (Fsp3) is 0.769. The lowest BCUT2D eigenvalue weighted by atomic mass is 9.99. The highest BCUT2D eigenvalue weighted by atomic mass is 16.7. The molecule has 9 nitrogen and oxygen atoms in total. The van der Waals surface area contributed by atoms with Crippen molar-refractivity contribution in [1.29, 1.82) is 0 Å². The van der Waals surface area contributed by atoms with Crippen LogP contribution in [0.4, 0.5) is 0 Å². The third-order valence-corrected chi connectivity index (χ3v) is 14.3. The van der Waals surface area contributed by atoms with E-state index in [-0.39, 0.29) is 12.5 Å². The van der Waals surface area contributed by atoms with Crippen LogP contribution in [0.2, 0.25) is 0 Å². The largest absolute Gasteiger partial charge is 0.394 e. The van der Waals surface area contributed by atoms with Gasteiger partial charge in [-0.2, -0.15) is 0 Å². The van der Waals surface area contributed by atoms with Gasteiger partial charge in [0.2, 0.25) is 5.91 Å². The van der Waals surface area contributed by atoms with Gasteiger partial charge in [0.15, 0.2) is 6.29 Å². The monoisotopic (exact) mass is 1040 g/mol. The number of hydrogen-bond donors (Lipinski definition) is 6. The zero-order chi connectivity index (χ0) is 53.6. The van der Waals surface area contributed by atoms with Crippen LogP contribution in [0.3, 0.4) is 0 Å². The summed E-state index contributed by atoms with van der Waals surface area (Å²) < 4.78 is 11.3. The molecule has 0 saturated carbocycles. The van der Waals surface area contributed by atoms with Crippen molar-refractivity contribution in [2.24, 2.45) is 0 Å². The van der Waals surface area contributed by atoms with Crippen LogP contribution in [-0.2, 0) is 14.3 Å². The first-order valence-corrected chi connectivity index (χ1v) is 30.8. The van der Waals surface area contributed by atoms with Crippen molar-refractivity contribution in [1.82, 2.24) is 5.32 Å². The third kappa shape index (κ3) is 42.5. The van der Waals surface area contributed by atoms with Gasteiger partial charge in [0.05, 0.1) is 25.4 Å². The minimum atomic E-state index is -1.56. The van der Waals surface area contributed by atoms with Gasteiger partial charge in [-0.15, -0.1) is 0 Å². The maximum atomic E-state index is 13.1. The maximum absolute atomic E-state index is 13.1. The van der Waals surface area contributed by atoms with E-state index in [0.29, 0.717) is 12.8 Å². The van der Waals surface area contributed by atoms with E-state index in [4.69, 9.17) is 9.47 Å². The van der Waals surface area contributed by atoms with Gasteiger partial charge in [0.25, 0.3) is 0 Å². The maximum Gasteiger partial charge on any atom is 0.220 e. The lowest BCUT2D eigenvalue weighted by molar-refractivity contribution is -0.302. The summed E-state index contributed by atoms with van der Waals surface area (Å²) in [6, 6.07) is -0.724. The zero-order valence-electron chi connectivity index (χ0n) is 47.6. The van der Waals surface area contributed by atoms with E-state index < -0.39 is 49.5 Å². The molecule has 1 saturated heterocycles. The van der Waals surface area contributed by atoms with Crippen molar-refractivity contribution in [3.05, 3.63) is 85.1 Å². The van der Waals surface area contributed by atoms with Crippen LogP contribution >= 0.6 is 0 Å². The second-order valence-electron chi connectivity index (χ2n) is 21.1. The molecule has 0 aromatic rings. The topological polar surface area (TPSA) is 149 Å². The van der Waals surface area contributed by atoms with E-state index >= 15 is 0 Å². The van der Waals surface area contributed by atoms with Crippen LogP contribution in [0.15, 0.2) is 85.1 Å². The number of amides is 1. The van der Waals surface area contributed by atoms with Gasteiger partial charge in [0, 0.05) is 6.42 Å². The van der Waals surface area contributed by atoms with Crippen LogP contribution in [-0.4, -0.2) is 87.5 Å². The molecule has 1 aliphatic heterocycles. The average molecular weight is 1040 g/mol. The number of ether oxygens (including phenoxy) is 2. The lowest BCUT2D eigenvalue weighted by Gasteiger charge is -2.40. The predicted octanol–water partition coefficient (Wildman–Crippen LogP) is 15.8. The number of carbonyl (C=O) groups excluding carboxylic acids is 1. The van der Waals surface area contributed by atoms with Crippen LogP contribution in [0.1, 0.15) is 264 Å². The van der Waals surface area contributed by atoms with E-state index in [1.165, 1.54) is 154 Å². The minimum Gasteiger partial charge on any atom is -0.394 e. The molecule has 0 aliphatic carbocycles. The molecule has 9 heteroatoms. The molecular weight excluding hydrogens is 923 g/mol. The Hall–Kier alpha value is -2.63. The number of allylic oxidation sites excluding steroid dienone is 14. The quantitative estimate of drug-likeness (QED) is 0.0261. The number of hydrogen-bond acceptors (Lipinski definition) is 8. The van der Waals surface area contributed by atoms with E-state index in [9.17, 15) is 30.3 Å². The Labute approximate surface area is 454 Å².